The minimum atomic E-state index is -0.312. The summed E-state index contributed by atoms with van der Waals surface area (Å²) < 4.78 is 0. The molecule has 0 amide bonds. The molecule has 0 heterocycles. The Bertz CT molecular complexity index is 2160. The van der Waals surface area contributed by atoms with E-state index >= 15 is 0 Å². The second-order valence-electron chi connectivity index (χ2n) is 25.2. The molecule has 0 bridgehead atoms. The van der Waals surface area contributed by atoms with E-state index in [4.69, 9.17) is 9.98 Å². The van der Waals surface area contributed by atoms with Crippen LogP contribution in [0.3, 0.4) is 0 Å². The zero-order valence-electron chi connectivity index (χ0n) is 57.0. The Morgan fingerprint density at radius 2 is 0.635 bits per heavy atom. The van der Waals surface area contributed by atoms with Gasteiger partial charge in [0.2, 0.25) is 0 Å². The van der Waals surface area contributed by atoms with Crippen molar-refractivity contribution in [1.29, 1.82) is 0 Å². The van der Waals surface area contributed by atoms with Crippen molar-refractivity contribution in [1.82, 2.24) is 0 Å². The summed E-state index contributed by atoms with van der Waals surface area (Å²) in [6, 6.07) is 17.7. The van der Waals surface area contributed by atoms with E-state index in [1.54, 1.807) is 12.1 Å². The SMILES string of the molecule is CCCCCCCCCCCCCCCCCCCCCCCCCCCCC#CC(=Nc1ccc(CCCCC)c(CCCCC)c1)C(CCCCC)=Nc1ccc(CCCCC)c(CCCCC)c1.CCCc1ccc(CC)c([O-])c1[O-].[Ni+2]. The van der Waals surface area contributed by atoms with Crippen molar-refractivity contribution in [3.8, 4) is 23.3 Å². The first-order valence-electron chi connectivity index (χ1n) is 36.7. The van der Waals surface area contributed by atoms with E-state index in [-0.39, 0.29) is 28.0 Å². The molecule has 0 fully saturated rings. The summed E-state index contributed by atoms with van der Waals surface area (Å²) in [5.74, 6) is 6.72. The number of rotatable bonds is 52. The van der Waals surface area contributed by atoms with Crippen LogP contribution in [-0.4, -0.2) is 11.4 Å². The van der Waals surface area contributed by atoms with Crippen molar-refractivity contribution in [2.24, 2.45) is 9.98 Å². The molecular formula is C80H132N2NiO2. The predicted octanol–water partition coefficient (Wildman–Crippen LogP) is 24.9. The van der Waals surface area contributed by atoms with Gasteiger partial charge in [0.25, 0.3) is 0 Å². The second-order valence-corrected chi connectivity index (χ2v) is 25.2. The average molecular weight is 1210 g/mol. The Hall–Kier alpha value is -3.35. The number of nitrogens with zero attached hydrogens (tertiary/aromatic N) is 2. The van der Waals surface area contributed by atoms with Crippen molar-refractivity contribution >= 4 is 22.8 Å². The third kappa shape index (κ3) is 40.0. The summed E-state index contributed by atoms with van der Waals surface area (Å²) in [6.07, 6.45) is 64.6. The summed E-state index contributed by atoms with van der Waals surface area (Å²) in [5, 5.41) is 22.8. The standard InChI is InChI=1S/C69H118N2.C11H16O2.Ni/c1-7-13-19-20-21-22-23-24-25-26-27-28-29-30-31-32-33-34-35-36-37-38-39-40-41-42-43-49-55-69(71-67-59-57-63(51-45-15-9-3)65(61-67)53-47-17-11-5)68(54-48-18-12-6)70-66-58-56-62(50-44-14-8-2)64(60-66)52-46-16-10-4;1-3-5-9-7-6-8(4-2)10(12)11(9)13;/h56-61H,7-48,50-54H2,1-6H3;6-7,12-13H,3-5H2,1-2H3;/q;;+2/p-2. The fourth-order valence-corrected chi connectivity index (χ4v) is 11.9. The van der Waals surface area contributed by atoms with Crippen molar-refractivity contribution in [3.05, 3.63) is 81.9 Å². The Kier molecular flexibility index (Phi) is 53.5. The molecule has 0 spiro atoms. The van der Waals surface area contributed by atoms with Crippen LogP contribution in [0, 0.1) is 11.8 Å². The van der Waals surface area contributed by atoms with Crippen LogP contribution in [0.4, 0.5) is 11.4 Å². The smallest absolute Gasteiger partial charge is 0.873 e. The monoisotopic (exact) mass is 1210 g/mol. The first-order valence-corrected chi connectivity index (χ1v) is 36.7. The molecule has 484 valence electrons. The largest absolute Gasteiger partial charge is 2.00 e. The van der Waals surface area contributed by atoms with Crippen LogP contribution in [0.15, 0.2) is 58.5 Å². The number of hydrogen-bond donors (Lipinski definition) is 0. The van der Waals surface area contributed by atoms with Crippen LogP contribution in [0.1, 0.15) is 371 Å². The molecule has 3 rings (SSSR count). The number of aliphatic imine (C=N–C) groups is 2. The van der Waals surface area contributed by atoms with E-state index < -0.39 is 0 Å². The van der Waals surface area contributed by atoms with Gasteiger partial charge in [0.05, 0.1) is 17.1 Å². The molecule has 0 radical (unpaired) electrons. The number of benzene rings is 3. The minimum Gasteiger partial charge on any atom is -0.873 e. The Balaban J connectivity index is 0.00000226. The Morgan fingerprint density at radius 1 is 0.318 bits per heavy atom. The molecule has 85 heavy (non-hydrogen) atoms. The summed E-state index contributed by atoms with van der Waals surface area (Å²) in [7, 11) is 0. The molecule has 3 aromatic carbocycles. The molecule has 0 saturated carbocycles. The van der Waals surface area contributed by atoms with E-state index in [1.807, 2.05) is 13.8 Å². The van der Waals surface area contributed by atoms with E-state index in [9.17, 15) is 10.2 Å². The molecule has 0 aromatic heterocycles. The van der Waals surface area contributed by atoms with Crippen LogP contribution in [0.2, 0.25) is 0 Å². The molecule has 0 unspecified atom stereocenters. The first-order chi connectivity index (χ1) is 41.3. The van der Waals surface area contributed by atoms with Gasteiger partial charge < -0.3 is 10.2 Å². The first kappa shape index (κ1) is 79.7. The quantitative estimate of drug-likeness (QED) is 0.0245. The summed E-state index contributed by atoms with van der Waals surface area (Å²) >= 11 is 0. The molecule has 0 aliphatic rings. The predicted molar refractivity (Wildman–Crippen MR) is 371 cm³/mol. The molecule has 0 aliphatic carbocycles. The van der Waals surface area contributed by atoms with Crippen molar-refractivity contribution < 1.29 is 26.7 Å². The molecule has 0 aliphatic heterocycles. The van der Waals surface area contributed by atoms with E-state index in [1.165, 1.54) is 292 Å². The number of unbranched alkanes of at least 4 members (excludes halogenated alkanes) is 36. The molecule has 0 saturated heterocycles. The molecular weight excluding hydrogens is 1080 g/mol. The fourth-order valence-electron chi connectivity index (χ4n) is 11.9. The second kappa shape index (κ2) is 57.1. The molecule has 3 aromatic rings. The third-order valence-electron chi connectivity index (χ3n) is 17.4. The van der Waals surface area contributed by atoms with Crippen LogP contribution in [0.25, 0.3) is 0 Å². The van der Waals surface area contributed by atoms with Crippen molar-refractivity contribution in [3.63, 3.8) is 0 Å². The van der Waals surface area contributed by atoms with E-state index in [0.717, 1.165) is 61.3 Å². The molecule has 0 atom stereocenters. The van der Waals surface area contributed by atoms with Gasteiger partial charge in [-0.1, -0.05) is 328 Å². The van der Waals surface area contributed by atoms with Gasteiger partial charge >= 0.3 is 16.5 Å². The number of aryl methyl sites for hydroxylation is 6. The van der Waals surface area contributed by atoms with Crippen LogP contribution < -0.4 is 10.2 Å². The van der Waals surface area contributed by atoms with Crippen molar-refractivity contribution in [2.75, 3.05) is 0 Å². The summed E-state index contributed by atoms with van der Waals surface area (Å²) in [4.78, 5) is 11.0. The molecule has 4 nitrogen and oxygen atoms in total. The topological polar surface area (TPSA) is 70.8 Å². The summed E-state index contributed by atoms with van der Waals surface area (Å²) in [6.45, 7) is 17.7. The number of hydrogen-bond acceptors (Lipinski definition) is 4. The average Bonchev–Trinajstić information content (AvgIpc) is 3.54. The Morgan fingerprint density at radius 3 is 1.02 bits per heavy atom. The van der Waals surface area contributed by atoms with Gasteiger partial charge in [-0.2, -0.15) is 0 Å². The van der Waals surface area contributed by atoms with Gasteiger partial charge in [0.1, 0.15) is 5.71 Å². The zero-order chi connectivity index (χ0) is 60.8. The van der Waals surface area contributed by atoms with Gasteiger partial charge in [-0.3, -0.25) is 4.99 Å². The van der Waals surface area contributed by atoms with Crippen LogP contribution in [0.5, 0.6) is 11.5 Å². The fraction of sp³-hybridized carbons (Fsp3) is 0.725. The molecule has 0 N–H and O–H groups in total. The normalized spacial score (nSPS) is 11.6. The van der Waals surface area contributed by atoms with E-state index in [2.05, 4.69) is 89.8 Å². The molecule has 5 heteroatoms. The van der Waals surface area contributed by atoms with Gasteiger partial charge in [-0.15, -0.1) is 11.5 Å². The zero-order valence-corrected chi connectivity index (χ0v) is 58.0. The van der Waals surface area contributed by atoms with Crippen LogP contribution in [-0.2, 0) is 55.0 Å². The Labute approximate surface area is 538 Å². The van der Waals surface area contributed by atoms with Crippen LogP contribution >= 0.6 is 0 Å². The van der Waals surface area contributed by atoms with Gasteiger partial charge in [0, 0.05) is 6.42 Å². The maximum Gasteiger partial charge on any atom is 2.00 e. The van der Waals surface area contributed by atoms with Gasteiger partial charge in [0.15, 0.2) is 0 Å². The maximum absolute atomic E-state index is 11.4. The maximum atomic E-state index is 11.4. The summed E-state index contributed by atoms with van der Waals surface area (Å²) in [5.41, 5.74) is 11.4. The van der Waals surface area contributed by atoms with Gasteiger partial charge in [-0.25, -0.2) is 4.99 Å². The minimum absolute atomic E-state index is 0. The van der Waals surface area contributed by atoms with Crippen molar-refractivity contribution in [2.45, 2.75) is 376 Å². The van der Waals surface area contributed by atoms with Gasteiger partial charge in [-0.05, 0) is 136 Å². The van der Waals surface area contributed by atoms with E-state index in [0.29, 0.717) is 24.0 Å². The third-order valence-corrected chi connectivity index (χ3v) is 17.4.